The van der Waals surface area contributed by atoms with Crippen LogP contribution in [0.25, 0.3) is 22.9 Å². The highest BCUT2D eigenvalue weighted by Gasteiger charge is 2.19. The van der Waals surface area contributed by atoms with E-state index in [0.29, 0.717) is 28.5 Å². The van der Waals surface area contributed by atoms with Crippen LogP contribution in [0.4, 0.5) is 10.1 Å². The molecule has 1 atom stereocenters. The average Bonchev–Trinajstić information content (AvgIpc) is 3.45. The van der Waals surface area contributed by atoms with E-state index >= 15 is 0 Å². The lowest BCUT2D eigenvalue weighted by Gasteiger charge is -2.13. The topological polar surface area (TPSA) is 103 Å². The molecular formula is C25H22FN7O. The first-order valence-corrected chi connectivity index (χ1v) is 10.7. The zero-order chi connectivity index (χ0) is 23.8. The van der Waals surface area contributed by atoms with Crippen LogP contribution in [0.2, 0.25) is 0 Å². The zero-order valence-corrected chi connectivity index (χ0v) is 18.6. The van der Waals surface area contributed by atoms with Crippen LogP contribution >= 0.6 is 0 Å². The first-order valence-electron chi connectivity index (χ1n) is 10.7. The summed E-state index contributed by atoms with van der Waals surface area (Å²) in [6.07, 6.45) is 5.10. The van der Waals surface area contributed by atoms with Crippen molar-refractivity contribution in [1.82, 2.24) is 23.9 Å². The molecule has 1 amide bonds. The second-order valence-electron chi connectivity index (χ2n) is 7.99. The van der Waals surface area contributed by atoms with Gasteiger partial charge >= 0.3 is 0 Å². The van der Waals surface area contributed by atoms with Crippen molar-refractivity contribution in [2.45, 2.75) is 19.9 Å². The van der Waals surface area contributed by atoms with E-state index in [1.165, 1.54) is 12.3 Å². The Morgan fingerprint density at radius 1 is 1.06 bits per heavy atom. The van der Waals surface area contributed by atoms with Gasteiger partial charge in [0.15, 0.2) is 5.82 Å². The predicted molar refractivity (Wildman–Crippen MR) is 127 cm³/mol. The van der Waals surface area contributed by atoms with E-state index in [4.69, 9.17) is 10.7 Å². The highest BCUT2D eigenvalue weighted by molar-refractivity contribution is 5.91. The third-order valence-corrected chi connectivity index (χ3v) is 5.55. The summed E-state index contributed by atoms with van der Waals surface area (Å²) < 4.78 is 17.7. The number of carbonyl (C=O) groups excluding carboxylic acids is 1. The Hall–Kier alpha value is -4.53. The number of anilines is 1. The summed E-state index contributed by atoms with van der Waals surface area (Å²) in [5.41, 5.74) is 9.76. The number of imidazole rings is 2. The van der Waals surface area contributed by atoms with Gasteiger partial charge < -0.3 is 11.1 Å². The third-order valence-electron chi connectivity index (χ3n) is 5.55. The lowest BCUT2D eigenvalue weighted by Crippen LogP contribution is -2.13. The van der Waals surface area contributed by atoms with Gasteiger partial charge in [-0.3, -0.25) is 13.8 Å². The molecule has 3 N–H and O–H groups in total. The summed E-state index contributed by atoms with van der Waals surface area (Å²) in [5.74, 6) is -0.292. The van der Waals surface area contributed by atoms with Gasteiger partial charge in [-0.1, -0.05) is 18.2 Å². The highest BCUT2D eigenvalue weighted by Crippen LogP contribution is 2.27. The second kappa shape index (κ2) is 8.43. The quantitative estimate of drug-likeness (QED) is 0.397. The van der Waals surface area contributed by atoms with Crippen LogP contribution in [-0.4, -0.2) is 29.8 Å². The predicted octanol–water partition coefficient (Wildman–Crippen LogP) is 4.30. The molecule has 0 saturated heterocycles. The SMILES string of the molecule is Cc1cccc(-c2nc(C(C)Nc3ccccc3F)cn2-c2ccc3ncc(C(N)=O)n3c2)n1. The van der Waals surface area contributed by atoms with E-state index in [1.807, 2.05) is 48.9 Å². The second-order valence-corrected chi connectivity index (χ2v) is 7.99. The van der Waals surface area contributed by atoms with Crippen molar-refractivity contribution in [3.8, 4) is 17.2 Å². The maximum absolute atomic E-state index is 14.2. The number of fused-ring (bicyclic) bond motifs is 1. The van der Waals surface area contributed by atoms with Crippen LogP contribution in [0.1, 0.15) is 34.8 Å². The molecule has 1 aromatic carbocycles. The Morgan fingerprint density at radius 3 is 2.65 bits per heavy atom. The van der Waals surface area contributed by atoms with E-state index in [0.717, 1.165) is 11.4 Å². The van der Waals surface area contributed by atoms with Gasteiger partial charge in [0.1, 0.15) is 22.9 Å². The molecule has 170 valence electrons. The van der Waals surface area contributed by atoms with E-state index in [-0.39, 0.29) is 17.6 Å². The molecule has 8 nitrogen and oxygen atoms in total. The molecule has 9 heteroatoms. The number of nitrogens with two attached hydrogens (primary N) is 1. The molecule has 0 spiro atoms. The van der Waals surface area contributed by atoms with Crippen molar-refractivity contribution < 1.29 is 9.18 Å². The molecule has 5 aromatic rings. The lowest BCUT2D eigenvalue weighted by atomic mass is 10.2. The van der Waals surface area contributed by atoms with Gasteiger partial charge in [0.25, 0.3) is 5.91 Å². The number of hydrogen-bond donors (Lipinski definition) is 2. The molecule has 4 aromatic heterocycles. The van der Waals surface area contributed by atoms with Crippen LogP contribution < -0.4 is 11.1 Å². The van der Waals surface area contributed by atoms with Crippen LogP contribution in [-0.2, 0) is 0 Å². The molecule has 0 bridgehead atoms. The van der Waals surface area contributed by atoms with E-state index in [2.05, 4.69) is 15.3 Å². The number of nitrogens with one attached hydrogen (secondary N) is 1. The number of carbonyl (C=O) groups is 1. The summed E-state index contributed by atoms with van der Waals surface area (Å²) in [4.78, 5) is 25.6. The number of benzene rings is 1. The largest absolute Gasteiger partial charge is 0.375 e. The third kappa shape index (κ3) is 3.88. The summed E-state index contributed by atoms with van der Waals surface area (Å²) in [7, 11) is 0. The molecule has 0 saturated carbocycles. The molecule has 0 aliphatic heterocycles. The molecule has 34 heavy (non-hydrogen) atoms. The fraction of sp³-hybridized carbons (Fsp3) is 0.120. The fourth-order valence-corrected chi connectivity index (χ4v) is 3.83. The molecule has 5 rings (SSSR count). The summed E-state index contributed by atoms with van der Waals surface area (Å²) in [5, 5.41) is 3.18. The minimum absolute atomic E-state index is 0.280. The van der Waals surface area contributed by atoms with Crippen molar-refractivity contribution in [3.05, 3.63) is 96.1 Å². The molecule has 4 heterocycles. The van der Waals surface area contributed by atoms with Crippen LogP contribution in [0.15, 0.2) is 73.2 Å². The van der Waals surface area contributed by atoms with E-state index in [1.54, 1.807) is 34.9 Å². The minimum Gasteiger partial charge on any atom is -0.375 e. The van der Waals surface area contributed by atoms with Crippen LogP contribution in [0.3, 0.4) is 0 Å². The molecule has 0 aliphatic rings. The number of halogens is 1. The first kappa shape index (κ1) is 21.3. The maximum Gasteiger partial charge on any atom is 0.267 e. The molecule has 1 unspecified atom stereocenters. The minimum atomic E-state index is -0.570. The number of rotatable bonds is 6. The smallest absolute Gasteiger partial charge is 0.267 e. The molecule has 0 aliphatic carbocycles. The number of aromatic nitrogens is 5. The summed E-state index contributed by atoms with van der Waals surface area (Å²) in [6, 6.07) is 15.6. The van der Waals surface area contributed by atoms with E-state index < -0.39 is 5.91 Å². The van der Waals surface area contributed by atoms with Crippen molar-refractivity contribution in [2.24, 2.45) is 5.73 Å². The Morgan fingerprint density at radius 2 is 1.88 bits per heavy atom. The maximum atomic E-state index is 14.2. The Balaban J connectivity index is 1.63. The monoisotopic (exact) mass is 455 g/mol. The number of nitrogens with zero attached hydrogens (tertiary/aromatic N) is 5. The zero-order valence-electron chi connectivity index (χ0n) is 18.6. The Kier molecular flexibility index (Phi) is 5.29. The van der Waals surface area contributed by atoms with Crippen molar-refractivity contribution >= 4 is 17.2 Å². The Bertz CT molecular complexity index is 1520. The van der Waals surface area contributed by atoms with Crippen molar-refractivity contribution in [3.63, 3.8) is 0 Å². The first-order chi connectivity index (χ1) is 16.4. The number of amides is 1. The molecule has 0 radical (unpaired) electrons. The van der Waals surface area contributed by atoms with Gasteiger partial charge in [0.2, 0.25) is 0 Å². The molecular weight excluding hydrogens is 433 g/mol. The molecule has 0 fully saturated rings. The van der Waals surface area contributed by atoms with Crippen molar-refractivity contribution in [1.29, 1.82) is 0 Å². The highest BCUT2D eigenvalue weighted by atomic mass is 19.1. The summed E-state index contributed by atoms with van der Waals surface area (Å²) in [6.45, 7) is 3.83. The van der Waals surface area contributed by atoms with Gasteiger partial charge in [0.05, 0.1) is 29.3 Å². The number of pyridine rings is 2. The number of primary amides is 1. The van der Waals surface area contributed by atoms with Crippen molar-refractivity contribution in [2.75, 3.05) is 5.32 Å². The van der Waals surface area contributed by atoms with Gasteiger partial charge in [-0.2, -0.15) is 0 Å². The number of aryl methyl sites for hydroxylation is 1. The lowest BCUT2D eigenvalue weighted by molar-refractivity contribution is 0.0994. The van der Waals surface area contributed by atoms with Gasteiger partial charge in [-0.05, 0) is 50.2 Å². The summed E-state index contributed by atoms with van der Waals surface area (Å²) >= 11 is 0. The Labute approximate surface area is 194 Å². The fourth-order valence-electron chi connectivity index (χ4n) is 3.83. The normalized spacial score (nSPS) is 12.1. The van der Waals surface area contributed by atoms with Crippen LogP contribution in [0, 0.1) is 12.7 Å². The van der Waals surface area contributed by atoms with Gasteiger partial charge in [-0.15, -0.1) is 0 Å². The van der Waals surface area contributed by atoms with Gasteiger partial charge in [-0.25, -0.2) is 19.3 Å². The van der Waals surface area contributed by atoms with Crippen LogP contribution in [0.5, 0.6) is 0 Å². The standard InChI is InChI=1S/C25H22FN7O/c1-15-6-5-9-20(29-15)25-31-21(16(2)30-19-8-4-3-7-18(19)26)14-32(25)17-10-11-23-28-12-22(24(27)34)33(23)13-17/h3-14,16,30H,1-2H3,(H2,27,34). The van der Waals surface area contributed by atoms with E-state index in [9.17, 15) is 9.18 Å². The number of hydrogen-bond acceptors (Lipinski definition) is 5. The van der Waals surface area contributed by atoms with Gasteiger partial charge in [0, 0.05) is 18.1 Å². The average molecular weight is 455 g/mol. The number of para-hydroxylation sites is 1.